The molecule has 2 aliphatic rings. The van der Waals surface area contributed by atoms with Gasteiger partial charge in [-0.3, -0.25) is 4.90 Å². The van der Waals surface area contributed by atoms with Crippen LogP contribution in [0.1, 0.15) is 41.0 Å². The van der Waals surface area contributed by atoms with E-state index in [2.05, 4.69) is 44.8 Å². The van der Waals surface area contributed by atoms with Gasteiger partial charge in [0, 0.05) is 37.8 Å². The standard InChI is InChI=1S/C15H30N2O/c1-11-10-18-7-6-13(11)17-9-14(15(3,4)5)16-8-12(17)2/h11-14,16H,6-10H2,1-5H3. The highest BCUT2D eigenvalue weighted by atomic mass is 16.5. The molecule has 1 N–H and O–H groups in total. The molecule has 0 amide bonds. The van der Waals surface area contributed by atoms with E-state index in [9.17, 15) is 0 Å². The number of hydrogen-bond acceptors (Lipinski definition) is 3. The Labute approximate surface area is 112 Å². The molecule has 2 fully saturated rings. The fourth-order valence-electron chi connectivity index (χ4n) is 3.29. The average molecular weight is 254 g/mol. The number of piperazine rings is 1. The van der Waals surface area contributed by atoms with E-state index in [0.29, 0.717) is 29.5 Å². The summed E-state index contributed by atoms with van der Waals surface area (Å²) in [6.07, 6.45) is 1.20. The Morgan fingerprint density at radius 2 is 1.94 bits per heavy atom. The van der Waals surface area contributed by atoms with E-state index >= 15 is 0 Å². The van der Waals surface area contributed by atoms with Crippen molar-refractivity contribution in [3.05, 3.63) is 0 Å². The molecule has 106 valence electrons. The Morgan fingerprint density at radius 3 is 2.56 bits per heavy atom. The van der Waals surface area contributed by atoms with E-state index in [-0.39, 0.29) is 0 Å². The summed E-state index contributed by atoms with van der Waals surface area (Å²) in [5.74, 6) is 0.667. The van der Waals surface area contributed by atoms with Crippen molar-refractivity contribution in [2.24, 2.45) is 11.3 Å². The van der Waals surface area contributed by atoms with Crippen molar-refractivity contribution in [2.45, 2.75) is 59.2 Å². The molecule has 4 unspecified atom stereocenters. The molecule has 2 rings (SSSR count). The van der Waals surface area contributed by atoms with Gasteiger partial charge in [-0.1, -0.05) is 27.7 Å². The lowest BCUT2D eigenvalue weighted by Gasteiger charge is -2.49. The summed E-state index contributed by atoms with van der Waals surface area (Å²) >= 11 is 0. The maximum atomic E-state index is 5.59. The van der Waals surface area contributed by atoms with Crippen molar-refractivity contribution in [1.82, 2.24) is 10.2 Å². The average Bonchev–Trinajstić information content (AvgIpc) is 2.29. The van der Waals surface area contributed by atoms with E-state index in [4.69, 9.17) is 4.74 Å². The summed E-state index contributed by atoms with van der Waals surface area (Å²) in [5, 5.41) is 3.72. The second kappa shape index (κ2) is 5.48. The molecule has 0 bridgehead atoms. The highest BCUT2D eigenvalue weighted by molar-refractivity contribution is 4.94. The molecule has 0 aliphatic carbocycles. The van der Waals surface area contributed by atoms with Gasteiger partial charge in [-0.05, 0) is 24.7 Å². The Bertz CT molecular complexity index is 274. The van der Waals surface area contributed by atoms with Crippen molar-refractivity contribution in [3.8, 4) is 0 Å². The van der Waals surface area contributed by atoms with Gasteiger partial charge in [0.1, 0.15) is 0 Å². The molecular formula is C15H30N2O. The van der Waals surface area contributed by atoms with Crippen LogP contribution in [-0.2, 0) is 4.74 Å². The van der Waals surface area contributed by atoms with E-state index in [0.717, 1.165) is 19.8 Å². The molecule has 4 atom stereocenters. The second-order valence-corrected chi connectivity index (χ2v) is 7.28. The van der Waals surface area contributed by atoms with Gasteiger partial charge in [-0.15, -0.1) is 0 Å². The molecule has 0 spiro atoms. The van der Waals surface area contributed by atoms with Gasteiger partial charge in [0.15, 0.2) is 0 Å². The first-order valence-corrected chi connectivity index (χ1v) is 7.46. The van der Waals surface area contributed by atoms with Crippen molar-refractivity contribution in [1.29, 1.82) is 0 Å². The van der Waals surface area contributed by atoms with Gasteiger partial charge >= 0.3 is 0 Å². The molecule has 2 heterocycles. The third-order valence-corrected chi connectivity index (χ3v) is 4.69. The summed E-state index contributed by atoms with van der Waals surface area (Å²) in [4.78, 5) is 2.74. The lowest BCUT2D eigenvalue weighted by Crippen LogP contribution is -2.63. The zero-order valence-corrected chi connectivity index (χ0v) is 12.7. The summed E-state index contributed by atoms with van der Waals surface area (Å²) in [5.41, 5.74) is 0.340. The smallest absolute Gasteiger partial charge is 0.0506 e. The maximum absolute atomic E-state index is 5.59. The van der Waals surface area contributed by atoms with Crippen LogP contribution in [0, 0.1) is 11.3 Å². The Hall–Kier alpha value is -0.120. The molecule has 0 aromatic carbocycles. The predicted molar refractivity (Wildman–Crippen MR) is 75.8 cm³/mol. The molecular weight excluding hydrogens is 224 g/mol. The van der Waals surface area contributed by atoms with Crippen LogP contribution in [0.2, 0.25) is 0 Å². The minimum Gasteiger partial charge on any atom is -0.381 e. The Balaban J connectivity index is 2.05. The number of nitrogens with one attached hydrogen (secondary N) is 1. The quantitative estimate of drug-likeness (QED) is 0.776. The second-order valence-electron chi connectivity index (χ2n) is 7.28. The van der Waals surface area contributed by atoms with Crippen LogP contribution in [0.3, 0.4) is 0 Å². The third kappa shape index (κ3) is 3.06. The summed E-state index contributed by atoms with van der Waals surface area (Å²) < 4.78 is 5.59. The SMILES string of the molecule is CC1COCCC1N1CC(C(C)(C)C)NCC1C. The van der Waals surface area contributed by atoms with Gasteiger partial charge in [0.25, 0.3) is 0 Å². The molecule has 0 aromatic rings. The molecule has 0 radical (unpaired) electrons. The van der Waals surface area contributed by atoms with Gasteiger partial charge < -0.3 is 10.1 Å². The van der Waals surface area contributed by atoms with Gasteiger partial charge in [-0.2, -0.15) is 0 Å². The van der Waals surface area contributed by atoms with Gasteiger partial charge in [0.05, 0.1) is 6.61 Å². The minimum absolute atomic E-state index is 0.340. The predicted octanol–water partition coefficient (Wildman–Crippen LogP) is 2.12. The molecule has 3 heteroatoms. The van der Waals surface area contributed by atoms with E-state index in [1.54, 1.807) is 0 Å². The van der Waals surface area contributed by atoms with Crippen LogP contribution in [0.25, 0.3) is 0 Å². The van der Waals surface area contributed by atoms with Crippen LogP contribution in [0.5, 0.6) is 0 Å². The monoisotopic (exact) mass is 254 g/mol. The summed E-state index contributed by atoms with van der Waals surface area (Å²) in [6.45, 7) is 15.9. The van der Waals surface area contributed by atoms with Crippen molar-refractivity contribution >= 4 is 0 Å². The lowest BCUT2D eigenvalue weighted by molar-refractivity contribution is -0.0382. The fourth-order valence-corrected chi connectivity index (χ4v) is 3.29. The summed E-state index contributed by atoms with van der Waals surface area (Å²) in [7, 11) is 0. The van der Waals surface area contributed by atoms with Crippen molar-refractivity contribution < 1.29 is 4.74 Å². The molecule has 0 aromatic heterocycles. The number of ether oxygens (including phenoxy) is 1. The number of nitrogens with zero attached hydrogens (tertiary/aromatic N) is 1. The van der Waals surface area contributed by atoms with E-state index < -0.39 is 0 Å². The first-order valence-electron chi connectivity index (χ1n) is 7.46. The number of rotatable bonds is 1. The highest BCUT2D eigenvalue weighted by Crippen LogP contribution is 2.28. The van der Waals surface area contributed by atoms with E-state index in [1.165, 1.54) is 13.0 Å². The van der Waals surface area contributed by atoms with Crippen LogP contribution < -0.4 is 5.32 Å². The van der Waals surface area contributed by atoms with Gasteiger partial charge in [-0.25, -0.2) is 0 Å². The zero-order valence-electron chi connectivity index (χ0n) is 12.7. The molecule has 3 nitrogen and oxygen atoms in total. The Morgan fingerprint density at radius 1 is 1.22 bits per heavy atom. The normalized spacial score (nSPS) is 39.8. The van der Waals surface area contributed by atoms with Crippen LogP contribution in [0.4, 0.5) is 0 Å². The maximum Gasteiger partial charge on any atom is 0.0506 e. The van der Waals surface area contributed by atoms with Crippen LogP contribution in [0.15, 0.2) is 0 Å². The third-order valence-electron chi connectivity index (χ3n) is 4.69. The summed E-state index contributed by atoms with van der Waals surface area (Å²) in [6, 6.07) is 1.96. The Kier molecular flexibility index (Phi) is 4.35. The fraction of sp³-hybridized carbons (Fsp3) is 1.00. The molecule has 2 aliphatic heterocycles. The minimum atomic E-state index is 0.340. The zero-order chi connectivity index (χ0) is 13.3. The van der Waals surface area contributed by atoms with Crippen LogP contribution in [-0.4, -0.2) is 49.3 Å². The topological polar surface area (TPSA) is 24.5 Å². The first kappa shape index (κ1) is 14.3. The molecule has 18 heavy (non-hydrogen) atoms. The first-order chi connectivity index (χ1) is 8.39. The number of hydrogen-bond donors (Lipinski definition) is 1. The largest absolute Gasteiger partial charge is 0.381 e. The van der Waals surface area contributed by atoms with Crippen molar-refractivity contribution in [3.63, 3.8) is 0 Å². The highest BCUT2D eigenvalue weighted by Gasteiger charge is 2.37. The molecule has 2 saturated heterocycles. The van der Waals surface area contributed by atoms with E-state index in [1.807, 2.05) is 0 Å². The van der Waals surface area contributed by atoms with Crippen molar-refractivity contribution in [2.75, 3.05) is 26.3 Å². The van der Waals surface area contributed by atoms with Gasteiger partial charge in [0.2, 0.25) is 0 Å². The van der Waals surface area contributed by atoms with Crippen LogP contribution >= 0.6 is 0 Å². The lowest BCUT2D eigenvalue weighted by atomic mass is 9.83. The molecule has 0 saturated carbocycles.